The second kappa shape index (κ2) is 38.2. The molecule has 0 unspecified atom stereocenters. The maximum absolute atomic E-state index is 12.1. The molecule has 1 saturated heterocycles. The van der Waals surface area contributed by atoms with Crippen molar-refractivity contribution in [1.82, 2.24) is 4.90 Å². The molecule has 1 amide bonds. The number of nitro benzene ring substituents is 3. The minimum Gasteiger partial charge on any atom is -1.00 e. The van der Waals surface area contributed by atoms with Crippen LogP contribution >= 0.6 is 0 Å². The first kappa shape index (κ1) is 62.9. The first-order valence-corrected chi connectivity index (χ1v) is 16.3. The van der Waals surface area contributed by atoms with E-state index in [4.69, 9.17) is 25.7 Å². The summed E-state index contributed by atoms with van der Waals surface area (Å²) in [5, 5.41) is 39.6. The summed E-state index contributed by atoms with van der Waals surface area (Å²) in [6.45, 7) is 10.3. The number of alkyl halides is 1. The van der Waals surface area contributed by atoms with Crippen molar-refractivity contribution in [3.05, 3.63) is 108 Å². The van der Waals surface area contributed by atoms with Crippen molar-refractivity contribution in [2.75, 3.05) is 57.2 Å². The van der Waals surface area contributed by atoms with Gasteiger partial charge in [0.1, 0.15) is 24.0 Å². The van der Waals surface area contributed by atoms with E-state index in [2.05, 4.69) is 4.89 Å². The van der Waals surface area contributed by atoms with Crippen LogP contribution in [0.4, 0.5) is 42.0 Å². The van der Waals surface area contributed by atoms with Crippen LogP contribution in [0.5, 0.6) is 0 Å². The maximum atomic E-state index is 12.1. The van der Waals surface area contributed by atoms with E-state index < -0.39 is 33.3 Å². The van der Waals surface area contributed by atoms with E-state index in [1.807, 2.05) is 44.7 Å². The molecule has 4 rings (SSSR count). The summed E-state index contributed by atoms with van der Waals surface area (Å²) in [4.78, 5) is 87.1. The summed E-state index contributed by atoms with van der Waals surface area (Å²) in [7, 11) is 2.78. The van der Waals surface area contributed by atoms with Crippen LogP contribution in [0.15, 0.2) is 66.7 Å². The second-order valence-electron chi connectivity index (χ2n) is 11.6. The molecule has 1 aliphatic heterocycles. The molecule has 0 radical (unpaired) electrons. The van der Waals surface area contributed by atoms with Crippen molar-refractivity contribution in [3.63, 3.8) is 0 Å². The topological polar surface area (TPSA) is 266 Å². The normalized spacial score (nSPS) is 10.6. The average molecular weight is 906 g/mol. The van der Waals surface area contributed by atoms with Crippen LogP contribution in [-0.4, -0.2) is 104 Å². The van der Waals surface area contributed by atoms with Gasteiger partial charge in [-0.1, -0.05) is 0 Å². The van der Waals surface area contributed by atoms with Gasteiger partial charge in [-0.15, -0.1) is 0 Å². The maximum Gasteiger partial charge on any atom is 1.00 e. The third-order valence-corrected chi connectivity index (χ3v) is 6.28. The van der Waals surface area contributed by atoms with Gasteiger partial charge in [-0.05, 0) is 71.0 Å². The zero-order chi connectivity index (χ0) is 46.1. The first-order valence-electron chi connectivity index (χ1n) is 17.0. The van der Waals surface area contributed by atoms with Gasteiger partial charge in [-0.3, -0.25) is 44.3 Å². The van der Waals surface area contributed by atoms with Gasteiger partial charge in [0.15, 0.2) is 6.29 Å². The number of hydrogen-bond acceptors (Lipinski definition) is 16. The van der Waals surface area contributed by atoms with Crippen LogP contribution in [0, 0.1) is 36.2 Å². The van der Waals surface area contributed by atoms with Crippen molar-refractivity contribution < 1.29 is 168 Å². The van der Waals surface area contributed by atoms with Gasteiger partial charge in [-0.2, -0.15) is 0 Å². The van der Waals surface area contributed by atoms with Crippen LogP contribution in [0.2, 0.25) is 0 Å². The molecule has 0 N–H and O–H groups in total. The minimum atomic E-state index is -1.00. The Hall–Kier alpha value is -3.70. The van der Waals surface area contributed by atoms with Gasteiger partial charge in [0.05, 0.1) is 28.9 Å². The van der Waals surface area contributed by atoms with Crippen molar-refractivity contribution in [2.24, 2.45) is 0 Å². The number of carbonyl (C=O) groups excluding carboxylic acids is 5. The third kappa shape index (κ3) is 30.3. The van der Waals surface area contributed by atoms with Gasteiger partial charge < -0.3 is 40.6 Å². The Labute approximate surface area is 433 Å². The summed E-state index contributed by atoms with van der Waals surface area (Å²) in [6.07, 6.45) is 1.64. The second-order valence-corrected chi connectivity index (χ2v) is 11.6. The molecule has 1 heterocycles. The molecule has 3 aromatic rings. The van der Waals surface area contributed by atoms with Gasteiger partial charge >= 0.3 is 109 Å². The minimum absolute atomic E-state index is 0. The van der Waals surface area contributed by atoms with Crippen molar-refractivity contribution in [2.45, 2.75) is 40.2 Å². The SMILES string of the molecule is CC(C)(C)OC(=O)N1CCN(c2ccc([N+](=O)[O-])c(C=O)c2)CC1.CC=O.CC=O.CN(C)c1ccc([N+](=O)[O-])cc1.O=CO[O-].O=[N+]([O-])c1ccc(F)cc1.[2H]CF.[H-].[K+].[K+]. The van der Waals surface area contributed by atoms with E-state index in [1.165, 1.54) is 38.1 Å². The van der Waals surface area contributed by atoms with Gasteiger partial charge in [-0.25, -0.2) is 9.18 Å². The molecule has 60 heavy (non-hydrogen) atoms. The Morgan fingerprint density at radius 3 is 1.53 bits per heavy atom. The third-order valence-electron chi connectivity index (χ3n) is 6.28. The molecule has 3 aromatic carbocycles. The van der Waals surface area contributed by atoms with E-state index in [-0.39, 0.29) is 139 Å². The number of amides is 1. The van der Waals surface area contributed by atoms with Crippen molar-refractivity contribution >= 4 is 59.9 Å². The van der Waals surface area contributed by atoms with Crippen molar-refractivity contribution in [3.8, 4) is 0 Å². The van der Waals surface area contributed by atoms with Crippen LogP contribution < -0.4 is 118 Å². The molecule has 24 heteroatoms. The number of nitro groups is 3. The van der Waals surface area contributed by atoms with Crippen LogP contribution in [0.25, 0.3) is 0 Å². The average Bonchev–Trinajstić information content (AvgIpc) is 3.18. The Balaban J connectivity index is -0.000000174. The molecular formula is C36H48F2K2N6O14. The van der Waals surface area contributed by atoms with E-state index in [0.717, 1.165) is 48.2 Å². The number of piperazine rings is 1. The van der Waals surface area contributed by atoms with Gasteiger partial charge in [0.2, 0.25) is 0 Å². The number of aldehydes is 3. The van der Waals surface area contributed by atoms with Gasteiger partial charge in [0, 0.05) is 82.0 Å². The fourth-order valence-corrected chi connectivity index (χ4v) is 3.91. The monoisotopic (exact) mass is 905 g/mol. The zero-order valence-corrected chi connectivity index (χ0v) is 41.1. The van der Waals surface area contributed by atoms with Crippen LogP contribution in [-0.2, 0) is 24.0 Å². The summed E-state index contributed by atoms with van der Waals surface area (Å²) in [5.41, 5.74) is 1.02. The molecule has 1 fully saturated rings. The number of rotatable bonds is 7. The molecular weight excluding hydrogens is 857 g/mol. The first-order chi connectivity index (χ1) is 27.7. The molecule has 322 valence electrons. The number of carbonyl (C=O) groups is 5. The molecule has 0 bridgehead atoms. The Bertz CT molecular complexity index is 1740. The van der Waals surface area contributed by atoms with E-state index in [1.54, 1.807) is 23.1 Å². The number of ether oxygens (including phenoxy) is 1. The number of hydrogen-bond donors (Lipinski definition) is 0. The quantitative estimate of drug-likeness (QED) is 0.0943. The fraction of sp³-hybridized carbons (Fsp3) is 0.361. The molecule has 0 aliphatic carbocycles. The predicted molar refractivity (Wildman–Crippen MR) is 208 cm³/mol. The number of anilines is 2. The smallest absolute Gasteiger partial charge is 1.00 e. The van der Waals surface area contributed by atoms with Crippen LogP contribution in [0.1, 0.15) is 47.8 Å². The van der Waals surface area contributed by atoms with E-state index in [0.29, 0.717) is 32.5 Å². The summed E-state index contributed by atoms with van der Waals surface area (Å²) in [6, 6.07) is 15.2. The summed E-state index contributed by atoms with van der Waals surface area (Å²) >= 11 is 0. The number of non-ortho nitro benzene ring substituents is 2. The molecule has 0 aromatic heterocycles. The molecule has 0 saturated carbocycles. The number of nitrogens with zero attached hydrogens (tertiary/aromatic N) is 6. The van der Waals surface area contributed by atoms with Gasteiger partial charge in [0.25, 0.3) is 23.5 Å². The Morgan fingerprint density at radius 2 is 1.22 bits per heavy atom. The predicted octanol–water partition coefficient (Wildman–Crippen LogP) is -0.590. The number of halogens is 2. The Kier molecular flexibility index (Phi) is 40.1. The standard InChI is InChI=1S/C16H21N3O5.C8H10N2O2.C6H4FNO2.2C2H4O.CH3F.CH2O3.2K.H/c1-16(2,3)24-15(21)18-8-6-17(7-9-18)13-4-5-14(19(22)23)12(10-13)11-20;1-9(2)7-3-5-8(6-4-7)10(11)12;7-5-1-3-6(4-2-5)8(9)10;2*1-2-3;1-2;2-1-4-3;;;/h4-5,10-11H,6-9H2,1-3H3;3-6H,1-2H3;1-4H;2*2H,1H3;1H3;1,3H;;;/q;;;;;;;2*+1;-1/p-1/i;;;;;1D;;;;. The number of benzene rings is 3. The molecule has 0 spiro atoms. The fourth-order valence-electron chi connectivity index (χ4n) is 3.91. The summed E-state index contributed by atoms with van der Waals surface area (Å²) < 4.78 is 33.0. The Morgan fingerprint density at radius 1 is 0.817 bits per heavy atom. The summed E-state index contributed by atoms with van der Waals surface area (Å²) in [5.74, 6) is -0.467. The van der Waals surface area contributed by atoms with E-state index in [9.17, 15) is 48.7 Å². The largest absolute Gasteiger partial charge is 1.00 e. The molecule has 1 aliphatic rings. The molecule has 20 nitrogen and oxygen atoms in total. The zero-order valence-electron chi connectivity index (χ0n) is 36.9. The van der Waals surface area contributed by atoms with Crippen molar-refractivity contribution in [1.29, 1.82) is 0 Å². The molecule has 0 atom stereocenters. The van der Waals surface area contributed by atoms with E-state index >= 15 is 0 Å². The van der Waals surface area contributed by atoms with Crippen LogP contribution in [0.3, 0.4) is 0 Å².